The van der Waals surface area contributed by atoms with Gasteiger partial charge in [-0.3, -0.25) is 5.10 Å². The lowest BCUT2D eigenvalue weighted by molar-refractivity contribution is 0.296. The third kappa shape index (κ3) is 5.24. The van der Waals surface area contributed by atoms with Crippen LogP contribution in [0.15, 0.2) is 65.5 Å². The second kappa shape index (κ2) is 9.66. The molecule has 5 rings (SSSR count). The fourth-order valence-corrected chi connectivity index (χ4v) is 3.70. The number of H-pyrrole nitrogens is 1. The molecule has 2 aromatic carbocycles. The number of amidine groups is 1. The van der Waals surface area contributed by atoms with Crippen LogP contribution in [0, 0.1) is 6.92 Å². The van der Waals surface area contributed by atoms with Crippen molar-refractivity contribution in [3.8, 4) is 0 Å². The van der Waals surface area contributed by atoms with Gasteiger partial charge in [-0.05, 0) is 38.0 Å². The number of benzene rings is 2. The predicted molar refractivity (Wildman–Crippen MR) is 127 cm³/mol. The van der Waals surface area contributed by atoms with Crippen molar-refractivity contribution >= 4 is 16.7 Å². The fourth-order valence-electron chi connectivity index (χ4n) is 3.70. The van der Waals surface area contributed by atoms with Gasteiger partial charge in [-0.15, -0.1) is 0 Å². The van der Waals surface area contributed by atoms with E-state index in [0.717, 1.165) is 48.5 Å². The first kappa shape index (κ1) is 20.9. The molecule has 7 heteroatoms. The minimum atomic E-state index is 0.482. The number of aryl methyl sites for hydroxylation is 1. The highest BCUT2D eigenvalue weighted by molar-refractivity contribution is 6.01. The highest BCUT2D eigenvalue weighted by Gasteiger charge is 2.27. The molecule has 0 amide bonds. The Bertz CT molecular complexity index is 1060. The SMILES string of the molecule is Cc1ccccc1.N/C=C(\N=C(/N)c1ccc2n[nH]c(C3CC3)c2c1)N1CCNCC1. The number of aliphatic imine (C=N–C) groups is 1. The summed E-state index contributed by atoms with van der Waals surface area (Å²) >= 11 is 0. The molecule has 6 N–H and O–H groups in total. The smallest absolute Gasteiger partial charge is 0.146 e. The zero-order chi connectivity index (χ0) is 21.6. The molecule has 7 nitrogen and oxygen atoms in total. The van der Waals surface area contributed by atoms with E-state index in [-0.39, 0.29) is 0 Å². The lowest BCUT2D eigenvalue weighted by atomic mass is 10.1. The summed E-state index contributed by atoms with van der Waals surface area (Å²) in [6.07, 6.45) is 3.99. The summed E-state index contributed by atoms with van der Waals surface area (Å²) in [7, 11) is 0. The van der Waals surface area contributed by atoms with Crippen molar-refractivity contribution in [1.82, 2.24) is 20.4 Å². The molecule has 1 aliphatic carbocycles. The number of hydrogen-bond donors (Lipinski definition) is 4. The Morgan fingerprint density at radius 1 is 1.13 bits per heavy atom. The van der Waals surface area contributed by atoms with Gasteiger partial charge in [0.05, 0.1) is 5.52 Å². The van der Waals surface area contributed by atoms with Gasteiger partial charge in [0.2, 0.25) is 0 Å². The van der Waals surface area contributed by atoms with Crippen LogP contribution in [0.2, 0.25) is 0 Å². The van der Waals surface area contributed by atoms with Crippen LogP contribution in [0.5, 0.6) is 0 Å². The zero-order valence-corrected chi connectivity index (χ0v) is 18.0. The number of piperazine rings is 1. The lowest BCUT2D eigenvalue weighted by Gasteiger charge is -2.29. The maximum atomic E-state index is 6.26. The zero-order valence-electron chi connectivity index (χ0n) is 18.0. The maximum Gasteiger partial charge on any atom is 0.146 e. The van der Waals surface area contributed by atoms with E-state index >= 15 is 0 Å². The van der Waals surface area contributed by atoms with E-state index in [1.165, 1.54) is 30.3 Å². The van der Waals surface area contributed by atoms with Crippen LogP contribution in [-0.2, 0) is 0 Å². The van der Waals surface area contributed by atoms with Gasteiger partial charge in [0.15, 0.2) is 0 Å². The number of nitrogens with two attached hydrogens (primary N) is 2. The Hall–Kier alpha value is -3.32. The van der Waals surface area contributed by atoms with Crippen molar-refractivity contribution in [2.24, 2.45) is 16.5 Å². The Balaban J connectivity index is 0.000000282. The van der Waals surface area contributed by atoms with Gasteiger partial charge in [-0.1, -0.05) is 35.9 Å². The average Bonchev–Trinajstić information content (AvgIpc) is 3.57. The largest absolute Gasteiger partial charge is 0.402 e. The summed E-state index contributed by atoms with van der Waals surface area (Å²) in [6, 6.07) is 16.3. The molecule has 3 aromatic rings. The normalized spacial score (nSPS) is 17.4. The van der Waals surface area contributed by atoms with Crippen molar-refractivity contribution in [3.63, 3.8) is 0 Å². The van der Waals surface area contributed by atoms with Crippen LogP contribution in [0.25, 0.3) is 10.9 Å². The van der Waals surface area contributed by atoms with Gasteiger partial charge in [-0.2, -0.15) is 5.10 Å². The highest BCUT2D eigenvalue weighted by atomic mass is 15.3. The van der Waals surface area contributed by atoms with E-state index in [1.54, 1.807) is 0 Å². The van der Waals surface area contributed by atoms with Crippen LogP contribution in [0.4, 0.5) is 0 Å². The molecule has 2 fully saturated rings. The molecule has 2 heterocycles. The topological polar surface area (TPSA) is 108 Å². The third-order valence-corrected chi connectivity index (χ3v) is 5.63. The molecule has 0 unspecified atom stereocenters. The molecule has 31 heavy (non-hydrogen) atoms. The minimum absolute atomic E-state index is 0.482. The number of hydrogen-bond acceptors (Lipinski definition) is 5. The molecule has 1 aliphatic heterocycles. The highest BCUT2D eigenvalue weighted by Crippen LogP contribution is 2.41. The molecule has 2 aliphatic rings. The van der Waals surface area contributed by atoms with Crippen LogP contribution in [-0.4, -0.2) is 47.1 Å². The third-order valence-electron chi connectivity index (χ3n) is 5.63. The summed E-state index contributed by atoms with van der Waals surface area (Å²) in [4.78, 5) is 6.72. The molecule has 0 radical (unpaired) electrons. The maximum absolute atomic E-state index is 6.26. The van der Waals surface area contributed by atoms with Gasteiger partial charge in [0.1, 0.15) is 11.7 Å². The number of fused-ring (bicyclic) bond motifs is 1. The van der Waals surface area contributed by atoms with Crippen LogP contribution in [0.1, 0.15) is 35.6 Å². The molecule has 0 bridgehead atoms. The molecular formula is C24H31N7. The van der Waals surface area contributed by atoms with E-state index in [2.05, 4.69) is 50.5 Å². The first-order chi connectivity index (χ1) is 15.2. The van der Waals surface area contributed by atoms with Crippen molar-refractivity contribution in [2.75, 3.05) is 26.2 Å². The van der Waals surface area contributed by atoms with Crippen molar-refractivity contribution < 1.29 is 0 Å². The van der Waals surface area contributed by atoms with E-state index in [4.69, 9.17) is 11.5 Å². The fraction of sp³-hybridized carbons (Fsp3) is 0.333. The number of aromatic nitrogens is 2. The summed E-state index contributed by atoms with van der Waals surface area (Å²) in [5.41, 5.74) is 16.5. The van der Waals surface area contributed by atoms with Gasteiger partial charge < -0.3 is 21.7 Å². The van der Waals surface area contributed by atoms with Crippen LogP contribution >= 0.6 is 0 Å². The van der Waals surface area contributed by atoms with Crippen LogP contribution < -0.4 is 16.8 Å². The van der Waals surface area contributed by atoms with Gasteiger partial charge in [0.25, 0.3) is 0 Å². The lowest BCUT2D eigenvalue weighted by Crippen LogP contribution is -2.43. The van der Waals surface area contributed by atoms with Crippen molar-refractivity contribution in [2.45, 2.75) is 25.7 Å². The van der Waals surface area contributed by atoms with Gasteiger partial charge >= 0.3 is 0 Å². The van der Waals surface area contributed by atoms with E-state index in [1.807, 2.05) is 30.3 Å². The molecule has 162 valence electrons. The molecule has 0 atom stereocenters. The van der Waals surface area contributed by atoms with E-state index in [0.29, 0.717) is 11.8 Å². The summed E-state index contributed by atoms with van der Waals surface area (Å²) < 4.78 is 0. The molecule has 1 aromatic heterocycles. The predicted octanol–water partition coefficient (Wildman–Crippen LogP) is 2.80. The Kier molecular flexibility index (Phi) is 6.52. The van der Waals surface area contributed by atoms with Crippen molar-refractivity contribution in [1.29, 1.82) is 0 Å². The van der Waals surface area contributed by atoms with Gasteiger partial charge in [0, 0.05) is 54.9 Å². The van der Waals surface area contributed by atoms with Crippen LogP contribution in [0.3, 0.4) is 0 Å². The first-order valence-corrected chi connectivity index (χ1v) is 10.9. The number of rotatable bonds is 4. The Morgan fingerprint density at radius 2 is 1.87 bits per heavy atom. The summed E-state index contributed by atoms with van der Waals surface area (Å²) in [5, 5.41) is 12.0. The molecule has 1 saturated carbocycles. The van der Waals surface area contributed by atoms with Gasteiger partial charge in [-0.25, -0.2) is 4.99 Å². The summed E-state index contributed by atoms with van der Waals surface area (Å²) in [6.45, 7) is 5.70. The Labute approximate surface area is 183 Å². The van der Waals surface area contributed by atoms with E-state index in [9.17, 15) is 0 Å². The molecule has 0 spiro atoms. The molecular weight excluding hydrogens is 386 g/mol. The quantitative estimate of drug-likeness (QED) is 0.386. The monoisotopic (exact) mass is 417 g/mol. The number of nitrogens with zero attached hydrogens (tertiary/aromatic N) is 3. The standard InChI is InChI=1S/C17H23N7.C7H8/c18-10-15(24-7-5-20-6-8-24)21-17(19)12-3-4-14-13(9-12)16(23-22-14)11-1-2-11;1-7-5-3-2-4-6-7/h3-4,9-11,20H,1-2,5-8,18H2,(H2,19,21)(H,22,23);2-6H,1H3/b15-10+;. The number of aromatic amines is 1. The average molecular weight is 418 g/mol. The second-order valence-corrected chi connectivity index (χ2v) is 8.06. The minimum Gasteiger partial charge on any atom is -0.402 e. The summed E-state index contributed by atoms with van der Waals surface area (Å²) in [5.74, 6) is 1.82. The molecule has 1 saturated heterocycles. The second-order valence-electron chi connectivity index (χ2n) is 8.06. The first-order valence-electron chi connectivity index (χ1n) is 10.9. The Morgan fingerprint density at radius 3 is 2.48 bits per heavy atom. The number of nitrogens with one attached hydrogen (secondary N) is 2. The van der Waals surface area contributed by atoms with Crippen molar-refractivity contribution in [3.05, 3.63) is 77.4 Å². The van der Waals surface area contributed by atoms with E-state index < -0.39 is 0 Å².